The number of carbonyl (C=O) groups excluding carboxylic acids is 1. The number of nitrogens with zero attached hydrogens (tertiary/aromatic N) is 2. The lowest BCUT2D eigenvalue weighted by molar-refractivity contribution is 0.0157. The highest BCUT2D eigenvalue weighted by atomic mass is 79.9. The number of aliphatic hydroxyl groups is 1. The summed E-state index contributed by atoms with van der Waals surface area (Å²) in [5, 5.41) is 10.4. The smallest absolute Gasteiger partial charge is 0.273 e. The van der Waals surface area contributed by atoms with Crippen LogP contribution in [0.2, 0.25) is 0 Å². The molecule has 2 aliphatic carbocycles. The maximum absolute atomic E-state index is 13.1. The fourth-order valence-corrected chi connectivity index (χ4v) is 5.60. The highest BCUT2D eigenvalue weighted by Gasteiger charge is 2.40. The summed E-state index contributed by atoms with van der Waals surface area (Å²) in [6.07, 6.45) is 9.05. The molecule has 0 saturated heterocycles. The predicted molar refractivity (Wildman–Crippen MR) is 100 cm³/mol. The maximum Gasteiger partial charge on any atom is 0.273 e. The van der Waals surface area contributed by atoms with Gasteiger partial charge in [0.2, 0.25) is 0 Å². The van der Waals surface area contributed by atoms with Crippen molar-refractivity contribution in [2.24, 2.45) is 5.92 Å². The zero-order chi connectivity index (χ0) is 17.7. The molecule has 2 heterocycles. The number of hydrogen-bond acceptors (Lipinski definition) is 3. The predicted octanol–water partition coefficient (Wildman–Crippen LogP) is 3.96. The Labute approximate surface area is 157 Å². The van der Waals surface area contributed by atoms with E-state index < -0.39 is 0 Å². The van der Waals surface area contributed by atoms with Crippen LogP contribution >= 0.6 is 15.9 Å². The number of rotatable bonds is 2. The molecule has 4 nitrogen and oxygen atoms in total. The summed E-state index contributed by atoms with van der Waals surface area (Å²) in [7, 11) is 0. The molecule has 0 aromatic carbocycles. The Hall–Kier alpha value is -1.20. The van der Waals surface area contributed by atoms with E-state index in [4.69, 9.17) is 0 Å². The van der Waals surface area contributed by atoms with E-state index in [1.165, 1.54) is 11.1 Å². The van der Waals surface area contributed by atoms with Gasteiger partial charge in [0.05, 0.1) is 6.10 Å². The zero-order valence-corrected chi connectivity index (χ0v) is 16.4. The largest absolute Gasteiger partial charge is 0.393 e. The second-order valence-electron chi connectivity index (χ2n) is 7.73. The summed E-state index contributed by atoms with van der Waals surface area (Å²) in [4.78, 5) is 19.6. The van der Waals surface area contributed by atoms with Crippen molar-refractivity contribution < 1.29 is 9.90 Å². The molecule has 0 bridgehead atoms. The van der Waals surface area contributed by atoms with Crippen molar-refractivity contribution in [1.29, 1.82) is 0 Å². The molecule has 25 heavy (non-hydrogen) atoms. The fraction of sp³-hybridized carbons (Fsp3) is 0.600. The first-order chi connectivity index (χ1) is 12.0. The lowest BCUT2D eigenvalue weighted by Gasteiger charge is -2.37. The normalized spacial score (nSPS) is 29.5. The number of amides is 1. The summed E-state index contributed by atoms with van der Waals surface area (Å²) in [6.45, 7) is 4.89. The van der Waals surface area contributed by atoms with Crippen LogP contribution < -0.4 is 0 Å². The Morgan fingerprint density at radius 1 is 1.32 bits per heavy atom. The zero-order valence-electron chi connectivity index (χ0n) is 14.8. The Morgan fingerprint density at radius 2 is 2.08 bits per heavy atom. The number of aliphatic hydroxyl groups excluding tert-OH is 1. The minimum absolute atomic E-state index is 0.0194. The summed E-state index contributed by atoms with van der Waals surface area (Å²) in [5.74, 6) is 0.508. The van der Waals surface area contributed by atoms with Crippen LogP contribution in [0.4, 0.5) is 0 Å². The van der Waals surface area contributed by atoms with E-state index in [1.54, 1.807) is 0 Å². The molecule has 1 N–H and O–H groups in total. The molecular formula is C20H25BrN2O2. The first kappa shape index (κ1) is 17.2. The molecule has 1 aromatic rings. The molecule has 4 rings (SSSR count). The third-order valence-corrected chi connectivity index (χ3v) is 6.90. The van der Waals surface area contributed by atoms with Crippen LogP contribution in [0.5, 0.6) is 0 Å². The molecule has 4 unspecified atom stereocenters. The van der Waals surface area contributed by atoms with Crippen LogP contribution in [0.15, 0.2) is 16.8 Å². The molecule has 1 aromatic heterocycles. The Morgan fingerprint density at radius 3 is 2.84 bits per heavy atom. The van der Waals surface area contributed by atoms with Gasteiger partial charge in [-0.15, -0.1) is 0 Å². The molecule has 4 atom stereocenters. The van der Waals surface area contributed by atoms with Crippen molar-refractivity contribution >= 4 is 21.8 Å². The third-order valence-electron chi connectivity index (χ3n) is 6.29. The second-order valence-corrected chi connectivity index (χ2v) is 8.48. The number of pyridine rings is 1. The van der Waals surface area contributed by atoms with E-state index in [2.05, 4.69) is 46.9 Å². The van der Waals surface area contributed by atoms with Crippen molar-refractivity contribution in [3.8, 4) is 0 Å². The van der Waals surface area contributed by atoms with Crippen LogP contribution in [0.1, 0.15) is 72.6 Å². The maximum atomic E-state index is 13.1. The van der Waals surface area contributed by atoms with E-state index in [0.29, 0.717) is 18.2 Å². The van der Waals surface area contributed by atoms with E-state index in [9.17, 15) is 9.90 Å². The third kappa shape index (κ3) is 2.76. The molecule has 0 radical (unpaired) electrons. The van der Waals surface area contributed by atoms with E-state index >= 15 is 0 Å². The van der Waals surface area contributed by atoms with Crippen molar-refractivity contribution in [2.45, 2.75) is 70.6 Å². The molecule has 1 amide bonds. The SMILES string of the molecule is CC1C=CCc2c3c(nc(Br)c21)C(=O)N(C(C)C1CCCCC1O)C3. The number of carbonyl (C=O) groups is 1. The molecule has 1 aliphatic heterocycles. The van der Waals surface area contributed by atoms with E-state index in [-0.39, 0.29) is 24.0 Å². The fourth-order valence-electron chi connectivity index (χ4n) is 4.83. The Balaban J connectivity index is 1.68. The molecule has 3 aliphatic rings. The van der Waals surface area contributed by atoms with Gasteiger partial charge < -0.3 is 10.0 Å². The number of hydrogen-bond donors (Lipinski definition) is 1. The summed E-state index contributed by atoms with van der Waals surface area (Å²) in [6, 6.07) is 0.0444. The quantitative estimate of drug-likeness (QED) is 0.599. The van der Waals surface area contributed by atoms with Gasteiger partial charge >= 0.3 is 0 Å². The monoisotopic (exact) mass is 404 g/mol. The minimum Gasteiger partial charge on any atom is -0.393 e. The van der Waals surface area contributed by atoms with Crippen LogP contribution in [-0.4, -0.2) is 33.0 Å². The minimum atomic E-state index is -0.295. The van der Waals surface area contributed by atoms with Crippen molar-refractivity contribution in [3.05, 3.63) is 39.1 Å². The molecule has 134 valence electrons. The standard InChI is InChI=1S/C20H25BrN2O2/c1-11-6-5-8-14-15-10-23(12(2)13-7-3-4-9-16(13)24)20(25)18(15)22-19(21)17(11)14/h5-6,11-13,16,24H,3-4,7-10H2,1-2H3. The summed E-state index contributed by atoms with van der Waals surface area (Å²) >= 11 is 3.59. The van der Waals surface area contributed by atoms with Gasteiger partial charge in [-0.05, 0) is 53.2 Å². The number of aromatic nitrogens is 1. The average molecular weight is 405 g/mol. The molecule has 0 spiro atoms. The highest BCUT2D eigenvalue weighted by molar-refractivity contribution is 9.10. The van der Waals surface area contributed by atoms with Gasteiger partial charge in [0.15, 0.2) is 0 Å². The highest BCUT2D eigenvalue weighted by Crippen LogP contribution is 2.40. The van der Waals surface area contributed by atoms with Gasteiger partial charge in [-0.25, -0.2) is 4.98 Å². The average Bonchev–Trinajstić information content (AvgIpc) is 2.92. The van der Waals surface area contributed by atoms with Gasteiger partial charge in [0.25, 0.3) is 5.91 Å². The van der Waals surface area contributed by atoms with Gasteiger partial charge in [0, 0.05) is 30.0 Å². The first-order valence-electron chi connectivity index (χ1n) is 9.36. The van der Waals surface area contributed by atoms with Gasteiger partial charge in [-0.3, -0.25) is 4.79 Å². The summed E-state index contributed by atoms with van der Waals surface area (Å²) in [5.41, 5.74) is 4.18. The van der Waals surface area contributed by atoms with Crippen LogP contribution in [0.3, 0.4) is 0 Å². The molecule has 5 heteroatoms. The van der Waals surface area contributed by atoms with Gasteiger partial charge in [-0.1, -0.05) is 31.9 Å². The van der Waals surface area contributed by atoms with Crippen molar-refractivity contribution in [2.75, 3.05) is 0 Å². The van der Waals surface area contributed by atoms with Gasteiger partial charge in [0.1, 0.15) is 10.3 Å². The van der Waals surface area contributed by atoms with E-state index in [1.807, 2.05) is 4.90 Å². The van der Waals surface area contributed by atoms with Crippen LogP contribution in [0, 0.1) is 5.92 Å². The van der Waals surface area contributed by atoms with Crippen LogP contribution in [0.25, 0.3) is 0 Å². The van der Waals surface area contributed by atoms with Crippen molar-refractivity contribution in [3.63, 3.8) is 0 Å². The topological polar surface area (TPSA) is 53.4 Å². The molecule has 1 fully saturated rings. The lowest BCUT2D eigenvalue weighted by atomic mass is 9.81. The van der Waals surface area contributed by atoms with Crippen LogP contribution in [-0.2, 0) is 13.0 Å². The number of allylic oxidation sites excluding steroid dienone is 2. The second kappa shape index (κ2) is 6.51. The lowest BCUT2D eigenvalue weighted by Crippen LogP contribution is -2.44. The Kier molecular flexibility index (Phi) is 4.49. The Bertz CT molecular complexity index is 746. The molecular weight excluding hydrogens is 380 g/mol. The summed E-state index contributed by atoms with van der Waals surface area (Å²) < 4.78 is 0.804. The first-order valence-corrected chi connectivity index (χ1v) is 10.1. The van der Waals surface area contributed by atoms with Crippen molar-refractivity contribution in [1.82, 2.24) is 9.88 Å². The molecule has 1 saturated carbocycles. The van der Waals surface area contributed by atoms with Gasteiger partial charge in [-0.2, -0.15) is 0 Å². The number of halogens is 1. The number of fused-ring (bicyclic) bond motifs is 3. The van der Waals surface area contributed by atoms with E-state index in [0.717, 1.165) is 42.3 Å².